The summed E-state index contributed by atoms with van der Waals surface area (Å²) in [5.41, 5.74) is 4.28. The Kier molecular flexibility index (Phi) is 9.84. The zero-order valence-electron chi connectivity index (χ0n) is 23.8. The molecule has 3 nitrogen and oxygen atoms in total. The molecule has 35 heavy (non-hydrogen) atoms. The lowest BCUT2D eigenvalue weighted by Gasteiger charge is -2.37. The van der Waals surface area contributed by atoms with Crippen molar-refractivity contribution in [2.24, 2.45) is 0 Å². The minimum absolute atomic E-state index is 0.0391. The molecule has 0 aliphatic heterocycles. The average molecular weight is 481 g/mol. The summed E-state index contributed by atoms with van der Waals surface area (Å²) in [5.74, 6) is 0. The normalized spacial score (nSPS) is 13.2. The van der Waals surface area contributed by atoms with Gasteiger partial charge >= 0.3 is 7.48 Å². The van der Waals surface area contributed by atoms with Gasteiger partial charge in [0.2, 0.25) is 0 Å². The lowest BCUT2D eigenvalue weighted by Crippen LogP contribution is -2.49. The molecule has 2 aromatic rings. The Labute approximate surface area is 215 Å². The molecule has 2 aromatic carbocycles. The summed E-state index contributed by atoms with van der Waals surface area (Å²) in [7, 11) is 0.470. The van der Waals surface area contributed by atoms with Crippen LogP contribution in [0.3, 0.4) is 0 Å². The predicted octanol–water partition coefficient (Wildman–Crippen LogP) is 6.13. The third-order valence-corrected chi connectivity index (χ3v) is 8.86. The number of benzene rings is 2. The van der Waals surface area contributed by atoms with Crippen molar-refractivity contribution in [1.29, 1.82) is 0 Å². The van der Waals surface area contributed by atoms with Crippen LogP contribution in [0.2, 0.25) is 0 Å². The molecule has 0 saturated heterocycles. The van der Waals surface area contributed by atoms with Crippen LogP contribution in [0.15, 0.2) is 42.5 Å². The molecule has 0 aromatic heterocycles. The van der Waals surface area contributed by atoms with Crippen molar-refractivity contribution in [3.63, 3.8) is 0 Å². The van der Waals surface area contributed by atoms with Crippen LogP contribution in [-0.4, -0.2) is 34.5 Å². The minimum Gasteiger partial charge on any atom is -0.427 e. The Morgan fingerprint density at radius 3 is 1.77 bits per heavy atom. The molecule has 0 radical (unpaired) electrons. The number of hydrogen-bond donors (Lipinski definition) is 2. The Balaban J connectivity index is 2.26. The van der Waals surface area contributed by atoms with Crippen molar-refractivity contribution in [1.82, 2.24) is 0 Å². The zero-order valence-corrected chi connectivity index (χ0v) is 23.8. The van der Waals surface area contributed by atoms with Gasteiger partial charge in [-0.15, -0.1) is 0 Å². The lowest BCUT2D eigenvalue weighted by atomic mass is 9.69. The van der Waals surface area contributed by atoms with Crippen molar-refractivity contribution in [2.45, 2.75) is 123 Å². The van der Waals surface area contributed by atoms with E-state index in [1.165, 1.54) is 22.3 Å². The summed E-state index contributed by atoms with van der Waals surface area (Å²) in [4.78, 5) is 0. The first kappa shape index (κ1) is 29.6. The van der Waals surface area contributed by atoms with Gasteiger partial charge in [-0.25, -0.2) is 0 Å². The van der Waals surface area contributed by atoms with Crippen molar-refractivity contribution < 1.29 is 14.9 Å². The molecule has 0 atom stereocenters. The van der Waals surface area contributed by atoms with E-state index < -0.39 is 16.8 Å². The zero-order chi connectivity index (χ0) is 26.5. The number of hydrogen-bond acceptors (Lipinski definition) is 3. The van der Waals surface area contributed by atoms with Crippen molar-refractivity contribution in [2.75, 3.05) is 0 Å². The third kappa shape index (κ3) is 6.78. The van der Waals surface area contributed by atoms with Crippen LogP contribution >= 0.6 is 0 Å². The monoisotopic (exact) mass is 480 g/mol. The third-order valence-electron chi connectivity index (χ3n) is 8.86. The summed E-state index contributed by atoms with van der Waals surface area (Å²) in [6.07, 6.45) is 5.36. The standard InChI is InChI=1S/C31H49BO3/c1-10-30(34,11-2)21-20-24-14-15-26(22-23(24)5)31(12-3,13-4)25-16-18-27(19-17-25)32-35-29(8,9)28(6,7)33/h14-19,22,32-34H,10-13,20-21H2,1-9H3. The maximum absolute atomic E-state index is 10.7. The quantitative estimate of drug-likeness (QED) is 0.339. The SMILES string of the molecule is CCC(O)(CC)CCc1ccc(C(CC)(CC)c2ccc(BOC(C)(C)C(C)(C)O)cc2)cc1C. The Bertz CT molecular complexity index is 933. The van der Waals surface area contributed by atoms with Gasteiger partial charge in [-0.2, -0.15) is 0 Å². The van der Waals surface area contributed by atoms with E-state index in [1.807, 2.05) is 13.8 Å². The molecule has 0 unspecified atom stereocenters. The highest BCUT2D eigenvalue weighted by Crippen LogP contribution is 2.39. The number of rotatable bonds is 13. The van der Waals surface area contributed by atoms with Crippen molar-refractivity contribution in [3.05, 3.63) is 64.7 Å². The van der Waals surface area contributed by atoms with Crippen molar-refractivity contribution in [3.8, 4) is 0 Å². The van der Waals surface area contributed by atoms with Gasteiger partial charge in [-0.05, 0) is 95.4 Å². The molecule has 0 heterocycles. The van der Waals surface area contributed by atoms with E-state index in [9.17, 15) is 10.2 Å². The second-order valence-corrected chi connectivity index (χ2v) is 11.4. The molecule has 2 rings (SSSR count). The first-order chi connectivity index (χ1) is 16.3. The molecule has 194 valence electrons. The fraction of sp³-hybridized carbons (Fsp3) is 0.613. The van der Waals surface area contributed by atoms with Gasteiger partial charge in [0.25, 0.3) is 0 Å². The maximum Gasteiger partial charge on any atom is 0.309 e. The smallest absolute Gasteiger partial charge is 0.309 e. The predicted molar refractivity (Wildman–Crippen MR) is 151 cm³/mol. The van der Waals surface area contributed by atoms with Gasteiger partial charge in [0.1, 0.15) is 0 Å². The largest absolute Gasteiger partial charge is 0.427 e. The highest BCUT2D eigenvalue weighted by molar-refractivity contribution is 6.47. The summed E-state index contributed by atoms with van der Waals surface area (Å²) in [6, 6.07) is 15.7. The molecule has 2 N–H and O–H groups in total. The van der Waals surface area contributed by atoms with E-state index in [2.05, 4.69) is 77.1 Å². The molecule has 0 spiro atoms. The van der Waals surface area contributed by atoms with Gasteiger partial charge in [0.05, 0.1) is 16.8 Å². The summed E-state index contributed by atoms with van der Waals surface area (Å²) in [5, 5.41) is 21.1. The number of aryl methyl sites for hydroxylation is 2. The molecular weight excluding hydrogens is 431 g/mol. The second kappa shape index (κ2) is 11.6. The van der Waals surface area contributed by atoms with Crippen LogP contribution in [0.25, 0.3) is 0 Å². The highest BCUT2D eigenvalue weighted by Gasteiger charge is 2.36. The molecule has 0 amide bonds. The van der Waals surface area contributed by atoms with Gasteiger partial charge in [0.15, 0.2) is 0 Å². The van der Waals surface area contributed by atoms with Gasteiger partial charge < -0.3 is 14.9 Å². The van der Waals surface area contributed by atoms with Crippen LogP contribution in [0.5, 0.6) is 0 Å². The Morgan fingerprint density at radius 1 is 0.771 bits per heavy atom. The topological polar surface area (TPSA) is 49.7 Å². The van der Waals surface area contributed by atoms with Crippen LogP contribution in [-0.2, 0) is 16.5 Å². The van der Waals surface area contributed by atoms with Crippen LogP contribution < -0.4 is 5.46 Å². The fourth-order valence-electron chi connectivity index (χ4n) is 4.84. The van der Waals surface area contributed by atoms with Crippen LogP contribution in [0.1, 0.15) is 110 Å². The molecular formula is C31H49BO3. The van der Waals surface area contributed by atoms with Gasteiger partial charge in [-0.1, -0.05) is 75.6 Å². The molecule has 0 fully saturated rings. The Morgan fingerprint density at radius 2 is 1.31 bits per heavy atom. The first-order valence-electron chi connectivity index (χ1n) is 13.6. The minimum atomic E-state index is -0.914. The second-order valence-electron chi connectivity index (χ2n) is 11.4. The lowest BCUT2D eigenvalue weighted by molar-refractivity contribution is -0.0893. The summed E-state index contributed by atoms with van der Waals surface area (Å²) >= 11 is 0. The summed E-state index contributed by atoms with van der Waals surface area (Å²) in [6.45, 7) is 18.3. The Hall–Kier alpha value is -1.62. The summed E-state index contributed by atoms with van der Waals surface area (Å²) < 4.78 is 6.07. The van der Waals surface area contributed by atoms with Crippen LogP contribution in [0, 0.1) is 6.92 Å². The van der Waals surface area contributed by atoms with E-state index in [1.54, 1.807) is 13.8 Å². The molecule has 0 bridgehead atoms. The van der Waals surface area contributed by atoms with Crippen LogP contribution in [0.4, 0.5) is 0 Å². The molecule has 4 heteroatoms. The van der Waals surface area contributed by atoms with Gasteiger partial charge in [-0.3, -0.25) is 0 Å². The van der Waals surface area contributed by atoms with Gasteiger partial charge in [0, 0.05) is 5.41 Å². The number of aliphatic hydroxyl groups is 2. The molecule has 0 aliphatic carbocycles. The molecule has 0 aliphatic rings. The highest BCUT2D eigenvalue weighted by atomic mass is 16.5. The van der Waals surface area contributed by atoms with E-state index in [0.29, 0.717) is 7.48 Å². The van der Waals surface area contributed by atoms with E-state index in [-0.39, 0.29) is 5.41 Å². The van der Waals surface area contributed by atoms with E-state index >= 15 is 0 Å². The van der Waals surface area contributed by atoms with E-state index in [0.717, 1.165) is 44.0 Å². The average Bonchev–Trinajstić information content (AvgIpc) is 2.83. The fourth-order valence-corrected chi connectivity index (χ4v) is 4.84. The van der Waals surface area contributed by atoms with Crippen molar-refractivity contribution >= 4 is 12.9 Å². The molecule has 0 saturated carbocycles. The van der Waals surface area contributed by atoms with E-state index in [4.69, 9.17) is 4.65 Å². The first-order valence-corrected chi connectivity index (χ1v) is 13.6. The maximum atomic E-state index is 10.7.